The molecule has 2 unspecified atom stereocenters. The van der Waals surface area contributed by atoms with Gasteiger partial charge < -0.3 is 10.5 Å². The van der Waals surface area contributed by atoms with Crippen molar-refractivity contribution in [3.63, 3.8) is 0 Å². The van der Waals surface area contributed by atoms with Crippen molar-refractivity contribution in [2.24, 2.45) is 5.73 Å². The van der Waals surface area contributed by atoms with Crippen molar-refractivity contribution in [3.05, 3.63) is 29.8 Å². The first-order valence-corrected chi connectivity index (χ1v) is 4.94. The topological polar surface area (TPSA) is 35.2 Å². The molecule has 0 radical (unpaired) electrons. The molecule has 1 aliphatic heterocycles. The van der Waals surface area contributed by atoms with E-state index in [-0.39, 0.29) is 12.2 Å². The lowest BCUT2D eigenvalue weighted by atomic mass is 9.88. The van der Waals surface area contributed by atoms with Crippen LogP contribution in [0.3, 0.4) is 0 Å². The number of alkyl halides is 3. The quantitative estimate of drug-likeness (QED) is 0.745. The standard InChI is InChI=1S/C11H12F3NO/c1-10(11(12,13)14)6-8(15)7-4-2-3-5-9(7)16-10/h2-5,8H,6,15H2,1H3. The number of rotatable bonds is 0. The van der Waals surface area contributed by atoms with Crippen LogP contribution in [0.1, 0.15) is 24.9 Å². The molecule has 1 aliphatic rings. The van der Waals surface area contributed by atoms with Gasteiger partial charge in [-0.15, -0.1) is 0 Å². The van der Waals surface area contributed by atoms with Gasteiger partial charge >= 0.3 is 6.18 Å². The zero-order chi connectivity index (χ0) is 12.0. The van der Waals surface area contributed by atoms with Crippen LogP contribution in [-0.4, -0.2) is 11.8 Å². The number of benzene rings is 1. The van der Waals surface area contributed by atoms with Crippen LogP contribution in [0.2, 0.25) is 0 Å². The molecule has 0 aliphatic carbocycles. The second-order valence-electron chi connectivity index (χ2n) is 4.18. The van der Waals surface area contributed by atoms with Crippen molar-refractivity contribution < 1.29 is 17.9 Å². The summed E-state index contributed by atoms with van der Waals surface area (Å²) in [5.74, 6) is 0.223. The van der Waals surface area contributed by atoms with Crippen LogP contribution in [0.5, 0.6) is 5.75 Å². The summed E-state index contributed by atoms with van der Waals surface area (Å²) in [6.45, 7) is 1.03. The van der Waals surface area contributed by atoms with E-state index in [2.05, 4.69) is 0 Å². The minimum Gasteiger partial charge on any atom is -0.478 e. The average Bonchev–Trinajstić information content (AvgIpc) is 2.15. The van der Waals surface area contributed by atoms with Crippen molar-refractivity contribution in [1.29, 1.82) is 0 Å². The van der Waals surface area contributed by atoms with Gasteiger partial charge in [-0.05, 0) is 13.0 Å². The third kappa shape index (κ3) is 1.65. The summed E-state index contributed by atoms with van der Waals surface area (Å²) in [6, 6.07) is 5.93. The molecule has 1 aromatic carbocycles. The van der Waals surface area contributed by atoms with E-state index in [4.69, 9.17) is 10.5 Å². The van der Waals surface area contributed by atoms with Crippen LogP contribution in [0.25, 0.3) is 0 Å². The smallest absolute Gasteiger partial charge is 0.428 e. The fourth-order valence-electron chi connectivity index (χ4n) is 1.87. The molecular formula is C11H12F3NO. The van der Waals surface area contributed by atoms with Gasteiger partial charge in [-0.25, -0.2) is 0 Å². The summed E-state index contributed by atoms with van der Waals surface area (Å²) in [7, 11) is 0. The molecule has 0 saturated heterocycles. The van der Waals surface area contributed by atoms with Gasteiger partial charge in [0.25, 0.3) is 0 Å². The van der Waals surface area contributed by atoms with Crippen LogP contribution in [0.15, 0.2) is 24.3 Å². The zero-order valence-corrected chi connectivity index (χ0v) is 8.71. The molecule has 16 heavy (non-hydrogen) atoms. The van der Waals surface area contributed by atoms with E-state index in [1.807, 2.05) is 0 Å². The van der Waals surface area contributed by atoms with Crippen molar-refractivity contribution in [3.8, 4) is 5.75 Å². The molecule has 2 rings (SSSR count). The number of para-hydroxylation sites is 1. The molecule has 0 saturated carbocycles. The highest BCUT2D eigenvalue weighted by atomic mass is 19.4. The maximum absolute atomic E-state index is 12.8. The van der Waals surface area contributed by atoms with E-state index in [1.54, 1.807) is 18.2 Å². The largest absolute Gasteiger partial charge is 0.478 e. The molecular weight excluding hydrogens is 219 g/mol. The molecule has 5 heteroatoms. The van der Waals surface area contributed by atoms with Crippen molar-refractivity contribution in [1.82, 2.24) is 0 Å². The van der Waals surface area contributed by atoms with Gasteiger partial charge in [0.1, 0.15) is 5.75 Å². The molecule has 2 nitrogen and oxygen atoms in total. The van der Waals surface area contributed by atoms with Crippen LogP contribution < -0.4 is 10.5 Å². The number of hydrogen-bond acceptors (Lipinski definition) is 2. The van der Waals surface area contributed by atoms with Gasteiger partial charge in [-0.1, -0.05) is 18.2 Å². The monoisotopic (exact) mass is 231 g/mol. The fraction of sp³-hybridized carbons (Fsp3) is 0.455. The maximum Gasteiger partial charge on any atom is 0.428 e. The molecule has 0 aromatic heterocycles. The Balaban J connectivity index is 2.41. The van der Waals surface area contributed by atoms with Crippen LogP contribution in [0, 0.1) is 0 Å². The molecule has 0 amide bonds. The first-order valence-electron chi connectivity index (χ1n) is 4.94. The van der Waals surface area contributed by atoms with Gasteiger partial charge in [0.2, 0.25) is 5.60 Å². The summed E-state index contributed by atoms with van der Waals surface area (Å²) in [6.07, 6.45) is -4.67. The second-order valence-corrected chi connectivity index (χ2v) is 4.18. The summed E-state index contributed by atoms with van der Waals surface area (Å²) in [4.78, 5) is 0. The molecule has 88 valence electrons. The summed E-state index contributed by atoms with van der Waals surface area (Å²) >= 11 is 0. The van der Waals surface area contributed by atoms with E-state index >= 15 is 0 Å². The zero-order valence-electron chi connectivity index (χ0n) is 8.71. The van der Waals surface area contributed by atoms with Gasteiger partial charge in [-0.2, -0.15) is 13.2 Å². The van der Waals surface area contributed by atoms with Crippen molar-refractivity contribution in [2.75, 3.05) is 0 Å². The first-order chi connectivity index (χ1) is 7.33. The Kier molecular flexibility index (Phi) is 2.38. The van der Waals surface area contributed by atoms with E-state index < -0.39 is 17.8 Å². The number of nitrogens with two attached hydrogens (primary N) is 1. The van der Waals surface area contributed by atoms with Crippen molar-refractivity contribution >= 4 is 0 Å². The Labute approximate surface area is 91.2 Å². The van der Waals surface area contributed by atoms with Gasteiger partial charge in [0.05, 0.1) is 0 Å². The fourth-order valence-corrected chi connectivity index (χ4v) is 1.87. The number of ether oxygens (including phenoxy) is 1. The van der Waals surface area contributed by atoms with Gasteiger partial charge in [0, 0.05) is 18.0 Å². The molecule has 1 aromatic rings. The summed E-state index contributed by atoms with van der Waals surface area (Å²) in [5, 5.41) is 0. The van der Waals surface area contributed by atoms with E-state index in [0.29, 0.717) is 5.56 Å². The van der Waals surface area contributed by atoms with E-state index in [0.717, 1.165) is 6.92 Å². The average molecular weight is 231 g/mol. The summed E-state index contributed by atoms with van der Waals surface area (Å²) < 4.78 is 43.5. The normalized spacial score (nSPS) is 29.4. The second kappa shape index (κ2) is 3.38. The number of fused-ring (bicyclic) bond motifs is 1. The SMILES string of the molecule is CC1(C(F)(F)F)CC(N)c2ccccc2O1. The Bertz CT molecular complexity index is 404. The lowest BCUT2D eigenvalue weighted by Gasteiger charge is -2.39. The lowest BCUT2D eigenvalue weighted by Crippen LogP contribution is -2.51. The van der Waals surface area contributed by atoms with E-state index in [9.17, 15) is 13.2 Å². The minimum atomic E-state index is -4.42. The third-order valence-electron chi connectivity index (χ3n) is 2.86. The Morgan fingerprint density at radius 2 is 2.00 bits per heavy atom. The summed E-state index contributed by atoms with van der Waals surface area (Å²) in [5.41, 5.74) is 4.17. The molecule has 0 fully saturated rings. The number of hydrogen-bond donors (Lipinski definition) is 1. The molecule has 1 heterocycles. The predicted molar refractivity (Wildman–Crippen MR) is 53.1 cm³/mol. The molecule has 0 bridgehead atoms. The van der Waals surface area contributed by atoms with E-state index in [1.165, 1.54) is 6.07 Å². The Morgan fingerprint density at radius 3 is 2.62 bits per heavy atom. The molecule has 0 spiro atoms. The van der Waals surface area contributed by atoms with Crippen LogP contribution >= 0.6 is 0 Å². The minimum absolute atomic E-state index is 0.223. The predicted octanol–water partition coefficient (Wildman–Crippen LogP) is 2.79. The maximum atomic E-state index is 12.8. The highest BCUT2D eigenvalue weighted by Crippen LogP contribution is 2.45. The highest BCUT2D eigenvalue weighted by Gasteiger charge is 2.56. The Hall–Kier alpha value is -1.23. The van der Waals surface area contributed by atoms with Crippen LogP contribution in [-0.2, 0) is 0 Å². The highest BCUT2D eigenvalue weighted by molar-refractivity contribution is 5.38. The van der Waals surface area contributed by atoms with Crippen molar-refractivity contribution in [2.45, 2.75) is 31.2 Å². The Morgan fingerprint density at radius 1 is 1.38 bits per heavy atom. The third-order valence-corrected chi connectivity index (χ3v) is 2.86. The first kappa shape index (κ1) is 11.3. The molecule has 2 atom stereocenters. The lowest BCUT2D eigenvalue weighted by molar-refractivity contribution is -0.248. The van der Waals surface area contributed by atoms with Gasteiger partial charge in [-0.3, -0.25) is 0 Å². The van der Waals surface area contributed by atoms with Crippen LogP contribution in [0.4, 0.5) is 13.2 Å². The van der Waals surface area contributed by atoms with Gasteiger partial charge in [0.15, 0.2) is 0 Å². The molecule has 2 N–H and O–H groups in total. The number of halogens is 3.